The van der Waals surface area contributed by atoms with Gasteiger partial charge in [0.15, 0.2) is 6.04 Å². The highest BCUT2D eigenvalue weighted by atomic mass is 16.2. The van der Waals surface area contributed by atoms with Crippen molar-refractivity contribution in [1.29, 1.82) is 0 Å². The Morgan fingerprint density at radius 1 is 1.08 bits per heavy atom. The van der Waals surface area contributed by atoms with Crippen LogP contribution in [-0.2, 0) is 15.0 Å². The molecule has 0 radical (unpaired) electrons. The number of carbonyl (C=O) groups excluding carboxylic acids is 3. The van der Waals surface area contributed by atoms with Gasteiger partial charge in [0.1, 0.15) is 0 Å². The van der Waals surface area contributed by atoms with E-state index in [1.165, 1.54) is 17.5 Å². The first kappa shape index (κ1) is 18.8. The van der Waals surface area contributed by atoms with Crippen molar-refractivity contribution in [2.75, 3.05) is 6.54 Å². The van der Waals surface area contributed by atoms with Crippen LogP contribution in [0.4, 0.5) is 4.79 Å². The van der Waals surface area contributed by atoms with Crippen molar-refractivity contribution in [2.45, 2.75) is 50.5 Å². The highest BCUT2D eigenvalue weighted by molar-refractivity contribution is 6.05. The van der Waals surface area contributed by atoms with Crippen LogP contribution in [0.15, 0.2) is 24.3 Å². The molecule has 136 valence electrons. The van der Waals surface area contributed by atoms with E-state index in [0.717, 1.165) is 25.7 Å². The summed E-state index contributed by atoms with van der Waals surface area (Å²) in [6, 6.07) is 6.05. The van der Waals surface area contributed by atoms with Crippen LogP contribution in [0.3, 0.4) is 0 Å². The average Bonchev–Trinajstić information content (AvgIpc) is 2.58. The van der Waals surface area contributed by atoms with E-state index < -0.39 is 23.9 Å². The van der Waals surface area contributed by atoms with Gasteiger partial charge in [-0.05, 0) is 30.9 Å². The van der Waals surface area contributed by atoms with Gasteiger partial charge in [-0.3, -0.25) is 9.59 Å². The smallest absolute Gasteiger partial charge is 0.315 e. The number of primary amides is 2. The number of nitrogens with two attached hydrogens (primary N) is 2. The van der Waals surface area contributed by atoms with Crippen LogP contribution in [0.1, 0.15) is 43.2 Å². The van der Waals surface area contributed by atoms with Crippen molar-refractivity contribution >= 4 is 17.8 Å². The lowest BCUT2D eigenvalue weighted by Crippen LogP contribution is -2.56. The lowest BCUT2D eigenvalue weighted by Gasteiger charge is -2.39. The molecule has 1 aromatic rings. The summed E-state index contributed by atoms with van der Waals surface area (Å²) >= 11 is 0. The Kier molecular flexibility index (Phi) is 6.01. The first-order valence-corrected chi connectivity index (χ1v) is 8.55. The topological polar surface area (TPSA) is 127 Å². The van der Waals surface area contributed by atoms with Gasteiger partial charge in [0, 0.05) is 12.0 Å². The number of amides is 4. The normalized spacial score (nSPS) is 16.2. The Bertz CT molecular complexity index is 639. The van der Waals surface area contributed by atoms with Crippen LogP contribution in [0.2, 0.25) is 0 Å². The van der Waals surface area contributed by atoms with Gasteiger partial charge in [-0.25, -0.2) is 4.79 Å². The third kappa shape index (κ3) is 4.49. The van der Waals surface area contributed by atoms with E-state index in [-0.39, 0.29) is 5.41 Å². The minimum atomic E-state index is -1.51. The van der Waals surface area contributed by atoms with Gasteiger partial charge in [0.2, 0.25) is 11.8 Å². The molecule has 1 aliphatic rings. The predicted molar refractivity (Wildman–Crippen MR) is 94.7 cm³/mol. The number of nitrogens with one attached hydrogen (secondary N) is 2. The van der Waals surface area contributed by atoms with Gasteiger partial charge in [0.25, 0.3) is 0 Å². The summed E-state index contributed by atoms with van der Waals surface area (Å²) in [6.07, 6.45) is 5.34. The Hall–Kier alpha value is -2.57. The van der Waals surface area contributed by atoms with Gasteiger partial charge in [-0.2, -0.15) is 0 Å². The fourth-order valence-corrected chi connectivity index (χ4v) is 3.65. The minimum Gasteiger partial charge on any atom is -0.367 e. The maximum Gasteiger partial charge on any atom is 0.315 e. The molecule has 0 spiro atoms. The lowest BCUT2D eigenvalue weighted by atomic mass is 9.68. The van der Waals surface area contributed by atoms with E-state index in [9.17, 15) is 14.4 Å². The minimum absolute atomic E-state index is 0.143. The van der Waals surface area contributed by atoms with Crippen molar-refractivity contribution in [2.24, 2.45) is 11.5 Å². The molecule has 1 saturated carbocycles. The molecule has 7 nitrogen and oxygen atoms in total. The summed E-state index contributed by atoms with van der Waals surface area (Å²) in [7, 11) is 0. The van der Waals surface area contributed by atoms with Crippen LogP contribution >= 0.6 is 0 Å². The standard InChI is InChI=1S/C18H26N4O3/c1-12-7-3-4-8-13(12)18(9-5-2-6-10-18)11-21-17(25)22-14(15(19)23)16(20)24/h3-4,7-8,14H,2,5-6,9-11H2,1H3,(H2,19,23)(H2,20,24)(H2,21,22,25). The largest absolute Gasteiger partial charge is 0.367 e. The van der Waals surface area contributed by atoms with Gasteiger partial charge < -0.3 is 22.1 Å². The fourth-order valence-electron chi connectivity index (χ4n) is 3.65. The molecule has 0 aliphatic heterocycles. The summed E-state index contributed by atoms with van der Waals surface area (Å²) in [4.78, 5) is 34.5. The Labute approximate surface area is 147 Å². The zero-order valence-electron chi connectivity index (χ0n) is 14.5. The quantitative estimate of drug-likeness (QED) is 0.570. The molecular formula is C18H26N4O3. The highest BCUT2D eigenvalue weighted by Gasteiger charge is 2.35. The van der Waals surface area contributed by atoms with Crippen molar-refractivity contribution in [1.82, 2.24) is 10.6 Å². The lowest BCUT2D eigenvalue weighted by molar-refractivity contribution is -0.128. The molecule has 0 heterocycles. The van der Waals surface area contributed by atoms with E-state index in [1.54, 1.807) is 0 Å². The molecule has 6 N–H and O–H groups in total. The molecule has 1 fully saturated rings. The fraction of sp³-hybridized carbons (Fsp3) is 0.500. The van der Waals surface area contributed by atoms with Crippen molar-refractivity contribution in [3.05, 3.63) is 35.4 Å². The van der Waals surface area contributed by atoms with Crippen molar-refractivity contribution < 1.29 is 14.4 Å². The van der Waals surface area contributed by atoms with Crippen LogP contribution < -0.4 is 22.1 Å². The molecule has 7 heteroatoms. The monoisotopic (exact) mass is 346 g/mol. The van der Waals surface area contributed by atoms with Gasteiger partial charge in [-0.1, -0.05) is 43.5 Å². The van der Waals surface area contributed by atoms with Gasteiger partial charge >= 0.3 is 6.03 Å². The molecule has 4 amide bonds. The number of rotatable bonds is 6. The van der Waals surface area contributed by atoms with E-state index in [0.29, 0.717) is 6.54 Å². The third-order valence-corrected chi connectivity index (χ3v) is 4.96. The Balaban J connectivity index is 2.11. The average molecular weight is 346 g/mol. The molecule has 0 bridgehead atoms. The summed E-state index contributed by atoms with van der Waals surface area (Å²) in [5.74, 6) is -1.96. The van der Waals surface area contributed by atoms with E-state index in [2.05, 4.69) is 29.7 Å². The number of carbonyl (C=O) groups is 3. The van der Waals surface area contributed by atoms with Crippen LogP contribution in [0, 0.1) is 6.92 Å². The SMILES string of the molecule is Cc1ccccc1C1(CNC(=O)NC(C(N)=O)C(N)=O)CCCCC1. The van der Waals surface area contributed by atoms with E-state index in [4.69, 9.17) is 11.5 Å². The molecular weight excluding hydrogens is 320 g/mol. The van der Waals surface area contributed by atoms with Crippen LogP contribution in [0.25, 0.3) is 0 Å². The molecule has 0 unspecified atom stereocenters. The van der Waals surface area contributed by atoms with Crippen molar-refractivity contribution in [3.8, 4) is 0 Å². The molecule has 1 aliphatic carbocycles. The Morgan fingerprint density at radius 2 is 1.68 bits per heavy atom. The van der Waals surface area contributed by atoms with E-state index in [1.807, 2.05) is 12.1 Å². The molecule has 0 saturated heterocycles. The molecule has 0 atom stereocenters. The van der Waals surface area contributed by atoms with Crippen molar-refractivity contribution in [3.63, 3.8) is 0 Å². The highest BCUT2D eigenvalue weighted by Crippen LogP contribution is 2.40. The Morgan fingerprint density at radius 3 is 2.24 bits per heavy atom. The number of hydrogen-bond donors (Lipinski definition) is 4. The number of hydrogen-bond acceptors (Lipinski definition) is 3. The summed E-state index contributed by atoms with van der Waals surface area (Å²) in [6.45, 7) is 2.50. The second kappa shape index (κ2) is 8.00. The van der Waals surface area contributed by atoms with Crippen LogP contribution in [0.5, 0.6) is 0 Å². The molecule has 1 aromatic carbocycles. The summed E-state index contributed by atoms with van der Waals surface area (Å²) in [5, 5.41) is 5.03. The number of benzene rings is 1. The zero-order valence-corrected chi connectivity index (χ0v) is 14.5. The first-order chi connectivity index (χ1) is 11.9. The third-order valence-electron chi connectivity index (χ3n) is 4.96. The molecule has 0 aromatic heterocycles. The van der Waals surface area contributed by atoms with Gasteiger partial charge in [-0.15, -0.1) is 0 Å². The number of aryl methyl sites for hydroxylation is 1. The molecule has 2 rings (SSSR count). The zero-order chi connectivity index (χ0) is 18.4. The second-order valence-electron chi connectivity index (χ2n) is 6.72. The summed E-state index contributed by atoms with van der Waals surface area (Å²) in [5.41, 5.74) is 12.4. The predicted octanol–water partition coefficient (Wildman–Crippen LogP) is 0.835. The number of urea groups is 1. The maximum absolute atomic E-state index is 12.1. The second-order valence-corrected chi connectivity index (χ2v) is 6.72. The molecule has 25 heavy (non-hydrogen) atoms. The summed E-state index contributed by atoms with van der Waals surface area (Å²) < 4.78 is 0. The van der Waals surface area contributed by atoms with E-state index >= 15 is 0 Å². The van der Waals surface area contributed by atoms with Crippen LogP contribution in [-0.4, -0.2) is 30.4 Å². The van der Waals surface area contributed by atoms with Gasteiger partial charge in [0.05, 0.1) is 0 Å². The maximum atomic E-state index is 12.1. The first-order valence-electron chi connectivity index (χ1n) is 8.55.